The van der Waals surface area contributed by atoms with Gasteiger partial charge < -0.3 is 9.72 Å². The zero-order valence-electron chi connectivity index (χ0n) is 14.5. The molecule has 0 radical (unpaired) electrons. The van der Waals surface area contributed by atoms with Gasteiger partial charge in [-0.25, -0.2) is 14.2 Å². The van der Waals surface area contributed by atoms with E-state index in [-0.39, 0.29) is 18.0 Å². The van der Waals surface area contributed by atoms with E-state index in [9.17, 15) is 9.18 Å². The molecule has 1 amide bonds. The van der Waals surface area contributed by atoms with Gasteiger partial charge in [-0.2, -0.15) is 0 Å². The monoisotopic (exact) mass is 409 g/mol. The number of rotatable bonds is 2. The first-order valence-electron chi connectivity index (χ1n) is 8.24. The second-order valence-corrected chi connectivity index (χ2v) is 8.00. The number of nitrogens with one attached hydrogen (secondary N) is 1. The number of amides is 1. The quantitative estimate of drug-likeness (QED) is 0.754. The Balaban J connectivity index is 1.81. The second-order valence-electron chi connectivity index (χ2n) is 7.14. The summed E-state index contributed by atoms with van der Waals surface area (Å²) in [6.45, 7) is 6.19. The number of H-pyrrole nitrogens is 1. The number of imidazole rings is 1. The summed E-state index contributed by atoms with van der Waals surface area (Å²) in [4.78, 5) is 21.8. The van der Waals surface area contributed by atoms with Crippen molar-refractivity contribution < 1.29 is 13.9 Å². The molecular formula is C18H21BrFN3O2. The lowest BCUT2D eigenvalue weighted by atomic mass is 10.1. The summed E-state index contributed by atoms with van der Waals surface area (Å²) in [7, 11) is 0. The summed E-state index contributed by atoms with van der Waals surface area (Å²) in [5, 5.41) is 0. The molecule has 3 rings (SSSR count). The molecule has 2 heterocycles. The van der Waals surface area contributed by atoms with E-state index in [2.05, 4.69) is 25.9 Å². The average Bonchev–Trinajstić information content (AvgIpc) is 3.16. The molecule has 0 aliphatic carbocycles. The fourth-order valence-electron chi connectivity index (χ4n) is 2.91. The molecule has 1 fully saturated rings. The van der Waals surface area contributed by atoms with Gasteiger partial charge in [-0.05, 0) is 61.7 Å². The fourth-order valence-corrected chi connectivity index (χ4v) is 3.15. The van der Waals surface area contributed by atoms with E-state index in [1.54, 1.807) is 17.2 Å². The van der Waals surface area contributed by atoms with Crippen molar-refractivity contribution in [2.45, 2.75) is 45.3 Å². The molecule has 1 aromatic heterocycles. The largest absolute Gasteiger partial charge is 0.444 e. The van der Waals surface area contributed by atoms with Gasteiger partial charge in [0.2, 0.25) is 0 Å². The topological polar surface area (TPSA) is 58.2 Å². The predicted octanol–water partition coefficient (Wildman–Crippen LogP) is 5.05. The summed E-state index contributed by atoms with van der Waals surface area (Å²) in [6, 6.07) is 4.77. The third-order valence-corrected chi connectivity index (χ3v) is 4.67. The van der Waals surface area contributed by atoms with Crippen LogP contribution < -0.4 is 0 Å². The standard InChI is InChI=1S/C18H21BrFN3O2/c1-18(2,3)25-17(24)23-8-4-5-15(23)16-21-10-14(22-16)11-6-7-12(19)13(20)9-11/h6-7,9-10,15H,4-5,8H2,1-3H3,(H,21,22)/t15-/m0/s1. The van der Waals surface area contributed by atoms with Crippen LogP contribution in [0.15, 0.2) is 28.9 Å². The van der Waals surface area contributed by atoms with E-state index in [1.165, 1.54) is 6.07 Å². The van der Waals surface area contributed by atoms with Crippen LogP contribution >= 0.6 is 15.9 Å². The molecule has 1 saturated heterocycles. The maximum Gasteiger partial charge on any atom is 0.410 e. The van der Waals surface area contributed by atoms with Crippen molar-refractivity contribution in [3.63, 3.8) is 0 Å². The van der Waals surface area contributed by atoms with Crippen LogP contribution in [0.4, 0.5) is 9.18 Å². The number of carbonyl (C=O) groups excluding carboxylic acids is 1. The van der Waals surface area contributed by atoms with Gasteiger partial charge >= 0.3 is 6.09 Å². The smallest absolute Gasteiger partial charge is 0.410 e. The van der Waals surface area contributed by atoms with Crippen LogP contribution in [0.5, 0.6) is 0 Å². The maximum absolute atomic E-state index is 13.7. The zero-order valence-corrected chi connectivity index (χ0v) is 16.1. The third kappa shape index (κ3) is 4.03. The number of carbonyl (C=O) groups is 1. The summed E-state index contributed by atoms with van der Waals surface area (Å²) >= 11 is 3.15. The third-order valence-electron chi connectivity index (χ3n) is 4.02. The van der Waals surface area contributed by atoms with Gasteiger partial charge in [-0.15, -0.1) is 0 Å². The van der Waals surface area contributed by atoms with Gasteiger partial charge in [-0.3, -0.25) is 4.90 Å². The second kappa shape index (κ2) is 6.78. The van der Waals surface area contributed by atoms with Crippen molar-refractivity contribution in [3.05, 3.63) is 40.5 Å². The number of nitrogens with zero attached hydrogens (tertiary/aromatic N) is 2. The van der Waals surface area contributed by atoms with E-state index in [4.69, 9.17) is 4.74 Å². The van der Waals surface area contributed by atoms with E-state index in [0.29, 0.717) is 22.4 Å². The Bertz CT molecular complexity index is 785. The van der Waals surface area contributed by atoms with E-state index in [0.717, 1.165) is 18.5 Å². The Labute approximate surface area is 154 Å². The number of aromatic amines is 1. The number of hydrogen-bond acceptors (Lipinski definition) is 3. The van der Waals surface area contributed by atoms with Crippen LogP contribution in [0.3, 0.4) is 0 Å². The molecule has 2 aromatic rings. The highest BCUT2D eigenvalue weighted by atomic mass is 79.9. The van der Waals surface area contributed by atoms with Crippen LogP contribution in [0.25, 0.3) is 11.3 Å². The maximum atomic E-state index is 13.7. The van der Waals surface area contributed by atoms with E-state index < -0.39 is 5.60 Å². The SMILES string of the molecule is CC(C)(C)OC(=O)N1CCC[C@H]1c1ncc(-c2ccc(Br)c(F)c2)[nH]1. The Morgan fingerprint density at radius 1 is 1.44 bits per heavy atom. The number of hydrogen-bond donors (Lipinski definition) is 1. The number of ether oxygens (including phenoxy) is 1. The molecule has 1 aromatic carbocycles. The van der Waals surface area contributed by atoms with Crippen LogP contribution in [0.1, 0.15) is 45.5 Å². The first-order valence-corrected chi connectivity index (χ1v) is 9.04. The molecule has 5 nitrogen and oxygen atoms in total. The lowest BCUT2D eigenvalue weighted by Gasteiger charge is -2.27. The first-order chi connectivity index (χ1) is 11.7. The summed E-state index contributed by atoms with van der Waals surface area (Å²) in [5.41, 5.74) is 0.895. The number of halogens is 2. The van der Waals surface area contributed by atoms with Gasteiger partial charge in [0.25, 0.3) is 0 Å². The van der Waals surface area contributed by atoms with Gasteiger partial charge in [0.05, 0.1) is 22.4 Å². The fraction of sp³-hybridized carbons (Fsp3) is 0.444. The Hall–Kier alpha value is -1.89. The molecule has 1 aliphatic rings. The molecule has 0 spiro atoms. The van der Waals surface area contributed by atoms with Gasteiger partial charge in [0, 0.05) is 12.1 Å². The van der Waals surface area contributed by atoms with Crippen LogP contribution in [0, 0.1) is 5.82 Å². The molecule has 7 heteroatoms. The highest BCUT2D eigenvalue weighted by Gasteiger charge is 2.34. The van der Waals surface area contributed by atoms with E-state index >= 15 is 0 Å². The minimum absolute atomic E-state index is 0.149. The van der Waals surface area contributed by atoms with Crippen LogP contribution in [0.2, 0.25) is 0 Å². The summed E-state index contributed by atoms with van der Waals surface area (Å²) in [6.07, 6.45) is 3.06. The van der Waals surface area contributed by atoms with Crippen molar-refractivity contribution in [1.29, 1.82) is 0 Å². The summed E-state index contributed by atoms with van der Waals surface area (Å²) in [5.74, 6) is 0.367. The molecule has 25 heavy (non-hydrogen) atoms. The van der Waals surface area contributed by atoms with Crippen molar-refractivity contribution >= 4 is 22.0 Å². The highest BCUT2D eigenvalue weighted by Crippen LogP contribution is 2.33. The minimum atomic E-state index is -0.534. The minimum Gasteiger partial charge on any atom is -0.444 e. The molecule has 134 valence electrons. The summed E-state index contributed by atoms with van der Waals surface area (Å²) < 4.78 is 19.7. The predicted molar refractivity (Wildman–Crippen MR) is 96.6 cm³/mol. The van der Waals surface area contributed by atoms with Crippen LogP contribution in [-0.2, 0) is 4.74 Å². The van der Waals surface area contributed by atoms with Crippen molar-refractivity contribution in [3.8, 4) is 11.3 Å². The lowest BCUT2D eigenvalue weighted by molar-refractivity contribution is 0.0219. The lowest BCUT2D eigenvalue weighted by Crippen LogP contribution is -2.36. The number of aromatic nitrogens is 2. The number of benzene rings is 1. The molecule has 1 aliphatic heterocycles. The molecular weight excluding hydrogens is 389 g/mol. The van der Waals surface area contributed by atoms with Gasteiger partial charge in [0.15, 0.2) is 0 Å². The van der Waals surface area contributed by atoms with Crippen molar-refractivity contribution in [1.82, 2.24) is 14.9 Å². The molecule has 0 unspecified atom stereocenters. The molecule has 0 bridgehead atoms. The van der Waals surface area contributed by atoms with E-state index in [1.807, 2.05) is 26.8 Å². The Morgan fingerprint density at radius 3 is 2.88 bits per heavy atom. The molecule has 1 N–H and O–H groups in total. The van der Waals surface area contributed by atoms with Gasteiger partial charge in [0.1, 0.15) is 17.2 Å². The zero-order chi connectivity index (χ0) is 18.2. The van der Waals surface area contributed by atoms with Crippen molar-refractivity contribution in [2.75, 3.05) is 6.54 Å². The number of likely N-dealkylation sites (tertiary alicyclic amines) is 1. The first kappa shape index (κ1) is 17.9. The molecule has 1 atom stereocenters. The Kier molecular flexibility index (Phi) is 4.86. The highest BCUT2D eigenvalue weighted by molar-refractivity contribution is 9.10. The van der Waals surface area contributed by atoms with Crippen LogP contribution in [-0.4, -0.2) is 33.1 Å². The average molecular weight is 410 g/mol. The normalized spacial score (nSPS) is 17.8. The van der Waals surface area contributed by atoms with Gasteiger partial charge in [-0.1, -0.05) is 6.07 Å². The van der Waals surface area contributed by atoms with Crippen molar-refractivity contribution in [2.24, 2.45) is 0 Å². The molecule has 0 saturated carbocycles. The Morgan fingerprint density at radius 2 is 2.20 bits per heavy atom.